The topological polar surface area (TPSA) is 50.9 Å². The van der Waals surface area contributed by atoms with Crippen molar-refractivity contribution in [2.45, 2.75) is 45.6 Å². The van der Waals surface area contributed by atoms with Crippen molar-refractivity contribution in [3.8, 4) is 0 Å². The highest BCUT2D eigenvalue weighted by Crippen LogP contribution is 2.46. The summed E-state index contributed by atoms with van der Waals surface area (Å²) in [5, 5.41) is 0. The third-order valence-electron chi connectivity index (χ3n) is 4.26. The molecule has 3 N–H and O–H groups in total. The molecule has 2 atom stereocenters. The van der Waals surface area contributed by atoms with E-state index in [2.05, 4.69) is 24.3 Å². The zero-order chi connectivity index (χ0) is 13.2. The Hall–Kier alpha value is -1.00. The molecule has 0 saturated heterocycles. The number of nitrogens with two attached hydrogens (primary N) is 1. The molecule has 0 amide bonds. The Morgan fingerprint density at radius 2 is 2.22 bits per heavy atom. The van der Waals surface area contributed by atoms with Crippen LogP contribution in [0.3, 0.4) is 0 Å². The van der Waals surface area contributed by atoms with E-state index in [4.69, 9.17) is 5.84 Å². The Balaban J connectivity index is 2.27. The van der Waals surface area contributed by atoms with Gasteiger partial charge in [0.2, 0.25) is 0 Å². The third-order valence-corrected chi connectivity index (χ3v) is 4.26. The zero-order valence-corrected chi connectivity index (χ0v) is 11.1. The number of aromatic nitrogens is 1. The molecule has 0 radical (unpaired) electrons. The predicted octanol–water partition coefficient (Wildman–Crippen LogP) is 2.94. The van der Waals surface area contributed by atoms with Crippen molar-refractivity contribution in [1.82, 2.24) is 10.4 Å². The summed E-state index contributed by atoms with van der Waals surface area (Å²) in [4.78, 5) is 3.93. The van der Waals surface area contributed by atoms with Gasteiger partial charge in [0.1, 0.15) is 5.82 Å². The van der Waals surface area contributed by atoms with Crippen molar-refractivity contribution in [2.75, 3.05) is 0 Å². The van der Waals surface area contributed by atoms with Crippen LogP contribution >= 0.6 is 0 Å². The van der Waals surface area contributed by atoms with E-state index in [-0.39, 0.29) is 17.3 Å². The minimum Gasteiger partial charge on any atom is -0.271 e. The molecule has 1 aromatic rings. The number of hydrogen-bond acceptors (Lipinski definition) is 3. The first-order chi connectivity index (χ1) is 8.54. The molecule has 18 heavy (non-hydrogen) atoms. The quantitative estimate of drug-likeness (QED) is 0.641. The van der Waals surface area contributed by atoms with Crippen LogP contribution in [0.5, 0.6) is 0 Å². The Morgan fingerprint density at radius 1 is 1.44 bits per heavy atom. The number of hydrogen-bond donors (Lipinski definition) is 2. The van der Waals surface area contributed by atoms with Gasteiger partial charge in [-0.25, -0.2) is 4.39 Å². The summed E-state index contributed by atoms with van der Waals surface area (Å²) >= 11 is 0. The summed E-state index contributed by atoms with van der Waals surface area (Å²) in [6.07, 6.45) is 7.73. The Bertz CT molecular complexity index is 406. The third kappa shape index (κ3) is 2.70. The van der Waals surface area contributed by atoms with Crippen molar-refractivity contribution < 1.29 is 4.39 Å². The summed E-state index contributed by atoms with van der Waals surface area (Å²) in [5.74, 6) is 5.82. The first-order valence-corrected chi connectivity index (χ1v) is 6.61. The summed E-state index contributed by atoms with van der Waals surface area (Å²) in [6, 6.07) is 1.51. The molecular weight excluding hydrogens is 229 g/mol. The molecule has 0 aromatic carbocycles. The molecular formula is C14H22FN3. The second-order valence-electron chi connectivity index (χ2n) is 5.92. The molecule has 1 heterocycles. The van der Waals surface area contributed by atoms with Gasteiger partial charge in [-0.05, 0) is 35.8 Å². The first kappa shape index (κ1) is 13.4. The average Bonchev–Trinajstić information content (AvgIpc) is 2.32. The average molecular weight is 251 g/mol. The molecule has 0 spiro atoms. The molecule has 1 aliphatic rings. The molecule has 1 fully saturated rings. The molecule has 1 aliphatic carbocycles. The Kier molecular flexibility index (Phi) is 3.97. The van der Waals surface area contributed by atoms with E-state index >= 15 is 0 Å². The van der Waals surface area contributed by atoms with Crippen LogP contribution in [0.1, 0.15) is 51.1 Å². The number of halogens is 1. The highest BCUT2D eigenvalue weighted by molar-refractivity contribution is 5.17. The summed E-state index contributed by atoms with van der Waals surface area (Å²) in [7, 11) is 0. The molecule has 2 rings (SSSR count). The fourth-order valence-electron chi connectivity index (χ4n) is 3.18. The fourth-order valence-corrected chi connectivity index (χ4v) is 3.18. The van der Waals surface area contributed by atoms with Crippen LogP contribution in [0.15, 0.2) is 18.5 Å². The van der Waals surface area contributed by atoms with Crippen LogP contribution in [-0.4, -0.2) is 4.98 Å². The summed E-state index contributed by atoms with van der Waals surface area (Å²) < 4.78 is 13.3. The zero-order valence-electron chi connectivity index (χ0n) is 11.1. The maximum atomic E-state index is 13.3. The molecule has 4 heteroatoms. The number of pyridine rings is 1. The van der Waals surface area contributed by atoms with Crippen molar-refractivity contribution in [3.63, 3.8) is 0 Å². The van der Waals surface area contributed by atoms with Gasteiger partial charge in [-0.2, -0.15) is 0 Å². The van der Waals surface area contributed by atoms with E-state index in [1.54, 1.807) is 6.20 Å². The van der Waals surface area contributed by atoms with Crippen LogP contribution in [0.4, 0.5) is 4.39 Å². The van der Waals surface area contributed by atoms with E-state index in [1.807, 2.05) is 0 Å². The van der Waals surface area contributed by atoms with Gasteiger partial charge >= 0.3 is 0 Å². The van der Waals surface area contributed by atoms with Gasteiger partial charge in [0.25, 0.3) is 0 Å². The van der Waals surface area contributed by atoms with Gasteiger partial charge < -0.3 is 0 Å². The monoisotopic (exact) mass is 251 g/mol. The molecule has 2 unspecified atom stereocenters. The van der Waals surface area contributed by atoms with Crippen molar-refractivity contribution in [2.24, 2.45) is 17.2 Å². The van der Waals surface area contributed by atoms with Gasteiger partial charge in [-0.15, -0.1) is 0 Å². The van der Waals surface area contributed by atoms with E-state index in [0.29, 0.717) is 5.92 Å². The number of rotatable bonds is 3. The van der Waals surface area contributed by atoms with Gasteiger partial charge in [0, 0.05) is 6.20 Å². The highest BCUT2D eigenvalue weighted by atomic mass is 19.1. The summed E-state index contributed by atoms with van der Waals surface area (Å²) in [6.45, 7) is 4.54. The SMILES string of the molecule is CC1(C)CCCCC1C(NN)c1cncc(F)c1. The lowest BCUT2D eigenvalue weighted by Gasteiger charge is -2.43. The predicted molar refractivity (Wildman–Crippen MR) is 70.0 cm³/mol. The lowest BCUT2D eigenvalue weighted by molar-refractivity contribution is 0.0980. The van der Waals surface area contributed by atoms with E-state index in [9.17, 15) is 4.39 Å². The van der Waals surface area contributed by atoms with E-state index in [0.717, 1.165) is 12.0 Å². The number of hydrazine groups is 1. The minimum absolute atomic E-state index is 0.0245. The number of nitrogens with zero attached hydrogens (tertiary/aromatic N) is 1. The molecule has 0 aliphatic heterocycles. The number of nitrogens with one attached hydrogen (secondary N) is 1. The standard InChI is InChI=1S/C14H22FN3/c1-14(2)6-4-3-5-12(14)13(18-16)10-7-11(15)9-17-8-10/h7-9,12-13,18H,3-6,16H2,1-2H3. The van der Waals surface area contributed by atoms with Crippen LogP contribution in [0.25, 0.3) is 0 Å². The van der Waals surface area contributed by atoms with E-state index < -0.39 is 0 Å². The van der Waals surface area contributed by atoms with Crippen molar-refractivity contribution in [3.05, 3.63) is 29.8 Å². The molecule has 100 valence electrons. The van der Waals surface area contributed by atoms with Crippen LogP contribution in [0.2, 0.25) is 0 Å². The highest BCUT2D eigenvalue weighted by Gasteiger charge is 2.37. The maximum Gasteiger partial charge on any atom is 0.141 e. The largest absolute Gasteiger partial charge is 0.271 e. The van der Waals surface area contributed by atoms with Crippen molar-refractivity contribution in [1.29, 1.82) is 0 Å². The van der Waals surface area contributed by atoms with Crippen LogP contribution in [0, 0.1) is 17.2 Å². The lowest BCUT2D eigenvalue weighted by Crippen LogP contribution is -2.41. The molecule has 1 saturated carbocycles. The lowest BCUT2D eigenvalue weighted by atomic mass is 9.65. The Morgan fingerprint density at radius 3 is 2.83 bits per heavy atom. The first-order valence-electron chi connectivity index (χ1n) is 6.61. The van der Waals surface area contributed by atoms with Crippen molar-refractivity contribution >= 4 is 0 Å². The Labute approximate surface area is 108 Å². The van der Waals surface area contributed by atoms with Crippen LogP contribution in [-0.2, 0) is 0 Å². The van der Waals surface area contributed by atoms with Gasteiger partial charge in [-0.1, -0.05) is 26.7 Å². The molecule has 0 bridgehead atoms. The van der Waals surface area contributed by atoms with E-state index in [1.165, 1.54) is 31.5 Å². The normalized spacial score (nSPS) is 24.8. The second kappa shape index (κ2) is 5.33. The van der Waals surface area contributed by atoms with Gasteiger partial charge in [0.05, 0.1) is 12.2 Å². The second-order valence-corrected chi connectivity index (χ2v) is 5.92. The maximum absolute atomic E-state index is 13.3. The molecule has 3 nitrogen and oxygen atoms in total. The molecule has 1 aromatic heterocycles. The van der Waals surface area contributed by atoms with Gasteiger partial charge in [-0.3, -0.25) is 16.3 Å². The smallest absolute Gasteiger partial charge is 0.141 e. The fraction of sp³-hybridized carbons (Fsp3) is 0.643. The summed E-state index contributed by atoms with van der Waals surface area (Å²) in [5.41, 5.74) is 3.93. The minimum atomic E-state index is -0.304. The van der Waals surface area contributed by atoms with Gasteiger partial charge in [0.15, 0.2) is 0 Å². The van der Waals surface area contributed by atoms with Crippen LogP contribution < -0.4 is 11.3 Å².